The van der Waals surface area contributed by atoms with E-state index in [1.807, 2.05) is 24.3 Å². The predicted molar refractivity (Wildman–Crippen MR) is 75.1 cm³/mol. The van der Waals surface area contributed by atoms with Gasteiger partial charge < -0.3 is 15.5 Å². The van der Waals surface area contributed by atoms with Gasteiger partial charge in [0.1, 0.15) is 5.76 Å². The monoisotopic (exact) mass is 258 g/mol. The lowest BCUT2D eigenvalue weighted by Gasteiger charge is -2.14. The molecule has 1 heterocycles. The molecule has 3 N–H and O–H groups in total. The topological polar surface area (TPSA) is 68.3 Å². The molecule has 0 radical (unpaired) electrons. The van der Waals surface area contributed by atoms with E-state index in [0.717, 1.165) is 24.3 Å². The number of hydrogen-bond acceptors (Lipinski definition) is 3. The van der Waals surface area contributed by atoms with Crippen LogP contribution in [0.1, 0.15) is 29.5 Å². The second-order valence-corrected chi connectivity index (χ2v) is 4.61. The maximum Gasteiger partial charge on any atom is 0.248 e. The largest absolute Gasteiger partial charge is 0.469 e. The van der Waals surface area contributed by atoms with E-state index >= 15 is 0 Å². The second-order valence-electron chi connectivity index (χ2n) is 4.61. The zero-order valence-corrected chi connectivity index (χ0v) is 10.9. The summed E-state index contributed by atoms with van der Waals surface area (Å²) in [5.41, 5.74) is 6.70. The first-order chi connectivity index (χ1) is 9.15. The normalized spacial score (nSPS) is 12.1. The fourth-order valence-electron chi connectivity index (χ4n) is 1.90. The van der Waals surface area contributed by atoms with Crippen LogP contribution in [-0.2, 0) is 6.42 Å². The zero-order chi connectivity index (χ0) is 13.7. The molecule has 1 amide bonds. The highest BCUT2D eigenvalue weighted by Gasteiger charge is 2.05. The van der Waals surface area contributed by atoms with Crippen LogP contribution in [0.5, 0.6) is 0 Å². The smallest absolute Gasteiger partial charge is 0.248 e. The van der Waals surface area contributed by atoms with Gasteiger partial charge in [-0.25, -0.2) is 0 Å². The SMILES string of the molecule is C[C@H](CCc1ccco1)Nc1ccc(C(N)=O)cc1. The van der Waals surface area contributed by atoms with Crippen LogP contribution in [0.3, 0.4) is 0 Å². The molecule has 1 aromatic carbocycles. The summed E-state index contributed by atoms with van der Waals surface area (Å²) in [5, 5.41) is 3.38. The van der Waals surface area contributed by atoms with Crippen LogP contribution < -0.4 is 11.1 Å². The van der Waals surface area contributed by atoms with Crippen molar-refractivity contribution in [1.29, 1.82) is 0 Å². The summed E-state index contributed by atoms with van der Waals surface area (Å²) in [6, 6.07) is 11.4. The maximum atomic E-state index is 11.0. The standard InChI is InChI=1S/C15H18N2O2/c1-11(4-9-14-3-2-10-19-14)17-13-7-5-12(6-8-13)15(16)18/h2-3,5-8,10-11,17H,4,9H2,1H3,(H2,16,18)/t11-/m1/s1. The van der Waals surface area contributed by atoms with Crippen molar-refractivity contribution in [2.24, 2.45) is 5.73 Å². The molecular formula is C15H18N2O2. The third-order valence-electron chi connectivity index (χ3n) is 2.99. The van der Waals surface area contributed by atoms with E-state index in [-0.39, 0.29) is 0 Å². The molecule has 0 aliphatic rings. The minimum absolute atomic E-state index is 0.324. The van der Waals surface area contributed by atoms with Crippen molar-refractivity contribution >= 4 is 11.6 Å². The molecule has 0 aliphatic carbocycles. The summed E-state index contributed by atoms with van der Waals surface area (Å²) in [6.07, 6.45) is 3.57. The van der Waals surface area contributed by atoms with E-state index in [9.17, 15) is 4.79 Å². The highest BCUT2D eigenvalue weighted by molar-refractivity contribution is 5.93. The molecule has 2 aromatic rings. The van der Waals surface area contributed by atoms with Crippen molar-refractivity contribution < 1.29 is 9.21 Å². The molecule has 2 rings (SSSR count). The van der Waals surface area contributed by atoms with Gasteiger partial charge in [-0.15, -0.1) is 0 Å². The van der Waals surface area contributed by atoms with Crippen molar-refractivity contribution in [2.45, 2.75) is 25.8 Å². The Morgan fingerprint density at radius 1 is 1.32 bits per heavy atom. The first-order valence-corrected chi connectivity index (χ1v) is 6.34. The number of furan rings is 1. The molecule has 100 valence electrons. The molecule has 0 unspecified atom stereocenters. The number of nitrogens with two attached hydrogens (primary N) is 1. The van der Waals surface area contributed by atoms with Gasteiger partial charge in [0.25, 0.3) is 0 Å². The van der Waals surface area contributed by atoms with Gasteiger partial charge in [-0.3, -0.25) is 4.79 Å². The number of aryl methyl sites for hydroxylation is 1. The van der Waals surface area contributed by atoms with Crippen LogP contribution in [0.25, 0.3) is 0 Å². The Bertz CT molecular complexity index is 518. The van der Waals surface area contributed by atoms with Gasteiger partial charge in [-0.1, -0.05) is 0 Å². The van der Waals surface area contributed by atoms with Crippen LogP contribution in [0.2, 0.25) is 0 Å². The highest BCUT2D eigenvalue weighted by atomic mass is 16.3. The van der Waals surface area contributed by atoms with Crippen molar-refractivity contribution in [3.63, 3.8) is 0 Å². The minimum atomic E-state index is -0.405. The average molecular weight is 258 g/mol. The van der Waals surface area contributed by atoms with Crippen molar-refractivity contribution in [3.8, 4) is 0 Å². The molecule has 4 nitrogen and oxygen atoms in total. The number of hydrogen-bond donors (Lipinski definition) is 2. The first kappa shape index (κ1) is 13.2. The Labute approximate surface area is 112 Å². The predicted octanol–water partition coefficient (Wildman–Crippen LogP) is 2.81. The number of anilines is 1. The number of carbonyl (C=O) groups is 1. The molecule has 4 heteroatoms. The highest BCUT2D eigenvalue weighted by Crippen LogP contribution is 2.13. The molecular weight excluding hydrogens is 240 g/mol. The third-order valence-corrected chi connectivity index (χ3v) is 2.99. The number of amides is 1. The molecule has 0 bridgehead atoms. The molecule has 0 spiro atoms. The zero-order valence-electron chi connectivity index (χ0n) is 10.9. The Morgan fingerprint density at radius 2 is 2.05 bits per heavy atom. The number of rotatable bonds is 6. The summed E-state index contributed by atoms with van der Waals surface area (Å²) in [4.78, 5) is 11.0. The van der Waals surface area contributed by atoms with Crippen molar-refractivity contribution in [2.75, 3.05) is 5.32 Å². The van der Waals surface area contributed by atoms with Gasteiger partial charge in [-0.2, -0.15) is 0 Å². The van der Waals surface area contributed by atoms with Crippen LogP contribution in [0.4, 0.5) is 5.69 Å². The lowest BCUT2D eigenvalue weighted by atomic mass is 10.1. The lowest BCUT2D eigenvalue weighted by Crippen LogP contribution is -2.16. The van der Waals surface area contributed by atoms with E-state index in [1.54, 1.807) is 18.4 Å². The summed E-state index contributed by atoms with van der Waals surface area (Å²) < 4.78 is 5.30. The quantitative estimate of drug-likeness (QED) is 0.837. The van der Waals surface area contributed by atoms with Crippen LogP contribution >= 0.6 is 0 Å². The molecule has 1 atom stereocenters. The summed E-state index contributed by atoms with van der Waals surface area (Å²) >= 11 is 0. The fourth-order valence-corrected chi connectivity index (χ4v) is 1.90. The number of primary amides is 1. The van der Waals surface area contributed by atoms with Gasteiger partial charge in [0.15, 0.2) is 0 Å². The molecule has 0 saturated heterocycles. The van der Waals surface area contributed by atoms with Gasteiger partial charge in [0.2, 0.25) is 5.91 Å². The number of benzene rings is 1. The lowest BCUT2D eigenvalue weighted by molar-refractivity contribution is 0.100. The van der Waals surface area contributed by atoms with Gasteiger partial charge in [0, 0.05) is 23.7 Å². The van der Waals surface area contributed by atoms with Gasteiger partial charge >= 0.3 is 0 Å². The molecule has 1 aromatic heterocycles. The third kappa shape index (κ3) is 3.88. The van der Waals surface area contributed by atoms with Crippen molar-refractivity contribution in [3.05, 3.63) is 54.0 Å². The summed E-state index contributed by atoms with van der Waals surface area (Å²) in [5.74, 6) is 0.593. The molecule has 0 fully saturated rings. The summed E-state index contributed by atoms with van der Waals surface area (Å²) in [7, 11) is 0. The van der Waals surface area contributed by atoms with E-state index in [0.29, 0.717) is 11.6 Å². The Balaban J connectivity index is 1.84. The summed E-state index contributed by atoms with van der Waals surface area (Å²) in [6.45, 7) is 2.12. The minimum Gasteiger partial charge on any atom is -0.469 e. The second kappa shape index (κ2) is 6.09. The first-order valence-electron chi connectivity index (χ1n) is 6.34. The Morgan fingerprint density at radius 3 is 2.63 bits per heavy atom. The van der Waals surface area contributed by atoms with E-state index < -0.39 is 5.91 Å². The van der Waals surface area contributed by atoms with Crippen LogP contribution in [0.15, 0.2) is 47.1 Å². The fraction of sp³-hybridized carbons (Fsp3) is 0.267. The number of carbonyl (C=O) groups excluding carboxylic acids is 1. The van der Waals surface area contributed by atoms with Crippen LogP contribution in [-0.4, -0.2) is 11.9 Å². The van der Waals surface area contributed by atoms with Crippen LogP contribution in [0, 0.1) is 0 Å². The maximum absolute atomic E-state index is 11.0. The molecule has 19 heavy (non-hydrogen) atoms. The van der Waals surface area contributed by atoms with Gasteiger partial charge in [0.05, 0.1) is 6.26 Å². The Hall–Kier alpha value is -2.23. The molecule has 0 aliphatic heterocycles. The number of nitrogens with one attached hydrogen (secondary N) is 1. The van der Waals surface area contributed by atoms with Crippen molar-refractivity contribution in [1.82, 2.24) is 0 Å². The van der Waals surface area contributed by atoms with E-state index in [2.05, 4.69) is 12.2 Å². The average Bonchev–Trinajstić information content (AvgIpc) is 2.90. The van der Waals surface area contributed by atoms with E-state index in [1.165, 1.54) is 0 Å². The molecule has 0 saturated carbocycles. The Kier molecular flexibility index (Phi) is 4.23. The van der Waals surface area contributed by atoms with E-state index in [4.69, 9.17) is 10.2 Å². The van der Waals surface area contributed by atoms with Gasteiger partial charge in [-0.05, 0) is 49.7 Å².